The number of hydrogen-bond donors (Lipinski definition) is 1. The summed E-state index contributed by atoms with van der Waals surface area (Å²) in [5.74, 6) is 0. The quantitative estimate of drug-likeness (QED) is 0.546. The smallest absolute Gasteiger partial charge is 0.372 e. The second-order valence-corrected chi connectivity index (χ2v) is 7.90. The lowest BCUT2D eigenvalue weighted by atomic mass is 9.89. The van der Waals surface area contributed by atoms with Crippen LogP contribution in [0.25, 0.3) is 16.3 Å². The highest BCUT2D eigenvalue weighted by molar-refractivity contribution is 5.86. The summed E-state index contributed by atoms with van der Waals surface area (Å²) in [6.07, 6.45) is -10.1. The maximum Gasteiger partial charge on any atom is 0.428 e. The van der Waals surface area contributed by atoms with E-state index in [4.69, 9.17) is 4.74 Å². The van der Waals surface area contributed by atoms with Gasteiger partial charge in [-0.1, -0.05) is 49.3 Å². The van der Waals surface area contributed by atoms with Gasteiger partial charge in [0.15, 0.2) is 0 Å². The van der Waals surface area contributed by atoms with E-state index in [0.29, 0.717) is 18.4 Å². The van der Waals surface area contributed by atoms with Crippen molar-refractivity contribution < 1.29 is 36.2 Å². The molecular formula is C22H22F6O2. The largest absolute Gasteiger partial charge is 0.428 e. The highest BCUT2D eigenvalue weighted by atomic mass is 19.4. The van der Waals surface area contributed by atoms with Gasteiger partial charge in [-0.2, -0.15) is 26.3 Å². The number of halogens is 6. The van der Waals surface area contributed by atoms with E-state index in [9.17, 15) is 31.4 Å². The van der Waals surface area contributed by atoms with Crippen molar-refractivity contribution in [1.29, 1.82) is 0 Å². The number of alkyl halides is 6. The van der Waals surface area contributed by atoms with Gasteiger partial charge < -0.3 is 9.84 Å². The summed E-state index contributed by atoms with van der Waals surface area (Å²) in [4.78, 5) is 0. The van der Waals surface area contributed by atoms with Crippen LogP contribution in [0.4, 0.5) is 26.3 Å². The Kier molecular flexibility index (Phi) is 5.71. The maximum atomic E-state index is 13.1. The average molecular weight is 432 g/mol. The zero-order valence-electron chi connectivity index (χ0n) is 16.3. The first-order valence-electron chi connectivity index (χ1n) is 9.49. The van der Waals surface area contributed by atoms with Crippen molar-refractivity contribution in [2.24, 2.45) is 0 Å². The molecule has 0 atom stereocenters. The van der Waals surface area contributed by atoms with Crippen LogP contribution in [0, 0.1) is 0 Å². The summed E-state index contributed by atoms with van der Waals surface area (Å²) in [6.45, 7) is 3.80. The van der Waals surface area contributed by atoms with Crippen LogP contribution >= 0.6 is 0 Å². The molecule has 0 amide bonds. The number of allylic oxidation sites excluding steroid dienone is 1. The van der Waals surface area contributed by atoms with Crippen molar-refractivity contribution in [1.82, 2.24) is 0 Å². The third-order valence-electron chi connectivity index (χ3n) is 5.77. The molecule has 0 saturated heterocycles. The highest BCUT2D eigenvalue weighted by Crippen LogP contribution is 2.48. The van der Waals surface area contributed by atoms with Crippen LogP contribution in [0.2, 0.25) is 0 Å². The molecule has 8 heteroatoms. The Bertz CT molecular complexity index is 925. The minimum absolute atomic E-state index is 0.268. The number of aliphatic hydroxyl groups is 1. The molecule has 0 bridgehead atoms. The summed E-state index contributed by atoms with van der Waals surface area (Å²) >= 11 is 0. The van der Waals surface area contributed by atoms with Gasteiger partial charge in [-0.05, 0) is 53.8 Å². The number of fused-ring (bicyclic) bond motifs is 1. The fraction of sp³-hybridized carbons (Fsp3) is 0.455. The lowest BCUT2D eigenvalue weighted by Crippen LogP contribution is -2.60. The van der Waals surface area contributed by atoms with E-state index < -0.39 is 30.2 Å². The number of rotatable bonds is 5. The third kappa shape index (κ3) is 3.95. The van der Waals surface area contributed by atoms with E-state index in [1.165, 1.54) is 0 Å². The fourth-order valence-corrected chi connectivity index (χ4v) is 3.83. The van der Waals surface area contributed by atoms with E-state index >= 15 is 0 Å². The molecule has 0 aromatic heterocycles. The Hall–Kier alpha value is -2.06. The highest BCUT2D eigenvalue weighted by Gasteiger charge is 2.71. The molecule has 1 aliphatic rings. The molecule has 2 aromatic carbocycles. The van der Waals surface area contributed by atoms with Crippen molar-refractivity contribution in [2.45, 2.75) is 56.2 Å². The molecular weight excluding hydrogens is 410 g/mol. The van der Waals surface area contributed by atoms with E-state index in [-0.39, 0.29) is 12.8 Å². The fourth-order valence-electron chi connectivity index (χ4n) is 3.83. The van der Waals surface area contributed by atoms with Crippen LogP contribution in [0.15, 0.2) is 43.0 Å². The van der Waals surface area contributed by atoms with E-state index in [1.807, 2.05) is 25.1 Å². The van der Waals surface area contributed by atoms with Crippen molar-refractivity contribution in [3.63, 3.8) is 0 Å². The molecule has 1 saturated carbocycles. The molecule has 2 nitrogen and oxygen atoms in total. The van der Waals surface area contributed by atoms with E-state index in [0.717, 1.165) is 21.9 Å². The molecule has 2 aromatic rings. The van der Waals surface area contributed by atoms with Gasteiger partial charge >= 0.3 is 12.4 Å². The standard InChI is InChI=1S/C22H22F6O2/c1-14(2)16-6-5-15-7-8-18(12-17(15)11-16)19(9-3-4-10-19)30-13-20(29,21(23,24)25)22(26,27)28/h5-8,11-12,29H,1,3-4,9-10,13H2,2H3. The topological polar surface area (TPSA) is 29.5 Å². The monoisotopic (exact) mass is 432 g/mol. The third-order valence-corrected chi connectivity index (χ3v) is 5.77. The van der Waals surface area contributed by atoms with Gasteiger partial charge in [0.1, 0.15) is 0 Å². The molecule has 0 spiro atoms. The minimum atomic E-state index is -5.91. The van der Waals surface area contributed by atoms with Crippen molar-refractivity contribution in [2.75, 3.05) is 6.61 Å². The van der Waals surface area contributed by atoms with Gasteiger partial charge in [0, 0.05) is 0 Å². The van der Waals surface area contributed by atoms with E-state index in [1.54, 1.807) is 18.2 Å². The number of hydrogen-bond acceptors (Lipinski definition) is 2. The van der Waals surface area contributed by atoms with Gasteiger partial charge in [0.2, 0.25) is 0 Å². The van der Waals surface area contributed by atoms with Crippen molar-refractivity contribution in [3.8, 4) is 0 Å². The van der Waals surface area contributed by atoms with Crippen molar-refractivity contribution in [3.05, 3.63) is 54.1 Å². The van der Waals surface area contributed by atoms with Gasteiger partial charge in [-0.3, -0.25) is 0 Å². The van der Waals surface area contributed by atoms with Crippen LogP contribution in [0.3, 0.4) is 0 Å². The Labute approximate surface area is 170 Å². The summed E-state index contributed by atoms with van der Waals surface area (Å²) in [7, 11) is 0. The predicted octanol–water partition coefficient (Wildman–Crippen LogP) is 6.51. The van der Waals surface area contributed by atoms with Crippen LogP contribution in [0.5, 0.6) is 0 Å². The molecule has 0 aliphatic heterocycles. The van der Waals surface area contributed by atoms with Gasteiger partial charge in [-0.25, -0.2) is 0 Å². The predicted molar refractivity (Wildman–Crippen MR) is 102 cm³/mol. The first-order chi connectivity index (χ1) is 13.8. The molecule has 1 aliphatic carbocycles. The SMILES string of the molecule is C=C(C)c1ccc2ccc(C3(OCC(O)(C(F)(F)F)C(F)(F)F)CCCC3)cc2c1. The Morgan fingerprint density at radius 3 is 2.07 bits per heavy atom. The second kappa shape index (κ2) is 7.57. The Balaban J connectivity index is 1.99. The van der Waals surface area contributed by atoms with Crippen LogP contribution in [0.1, 0.15) is 43.7 Å². The normalized spacial score (nSPS) is 17.5. The van der Waals surface area contributed by atoms with Gasteiger partial charge in [0.25, 0.3) is 5.60 Å². The molecule has 3 rings (SSSR count). The summed E-state index contributed by atoms with van der Waals surface area (Å²) < 4.78 is 83.7. The zero-order chi connectivity index (χ0) is 22.4. The zero-order valence-corrected chi connectivity index (χ0v) is 16.3. The molecule has 0 unspecified atom stereocenters. The second-order valence-electron chi connectivity index (χ2n) is 7.90. The summed E-state index contributed by atoms with van der Waals surface area (Å²) in [6, 6.07) is 10.8. The summed E-state index contributed by atoms with van der Waals surface area (Å²) in [5.41, 5.74) is -4.05. The van der Waals surface area contributed by atoms with Crippen LogP contribution < -0.4 is 0 Å². The maximum absolute atomic E-state index is 13.1. The Morgan fingerprint density at radius 1 is 0.967 bits per heavy atom. The number of benzene rings is 2. The number of ether oxygens (including phenoxy) is 1. The molecule has 0 radical (unpaired) electrons. The molecule has 164 valence electrons. The molecule has 0 heterocycles. The van der Waals surface area contributed by atoms with Gasteiger partial charge in [0.05, 0.1) is 12.2 Å². The minimum Gasteiger partial charge on any atom is -0.372 e. The van der Waals surface area contributed by atoms with Gasteiger partial charge in [-0.15, -0.1) is 0 Å². The molecule has 1 N–H and O–H groups in total. The van der Waals surface area contributed by atoms with Crippen molar-refractivity contribution >= 4 is 16.3 Å². The lowest BCUT2D eigenvalue weighted by Gasteiger charge is -2.37. The first-order valence-corrected chi connectivity index (χ1v) is 9.49. The van der Waals surface area contributed by atoms with E-state index in [2.05, 4.69) is 6.58 Å². The average Bonchev–Trinajstić information content (AvgIpc) is 3.13. The molecule has 30 heavy (non-hydrogen) atoms. The van der Waals surface area contributed by atoms with Crippen LogP contribution in [-0.2, 0) is 10.3 Å². The Morgan fingerprint density at radius 2 is 1.53 bits per heavy atom. The van der Waals surface area contributed by atoms with Crippen LogP contribution in [-0.4, -0.2) is 29.7 Å². The lowest BCUT2D eigenvalue weighted by molar-refractivity contribution is -0.383. The summed E-state index contributed by atoms with van der Waals surface area (Å²) in [5, 5.41) is 11.1. The molecule has 1 fully saturated rings. The first kappa shape index (κ1) is 22.6.